The van der Waals surface area contributed by atoms with Crippen LogP contribution in [-0.2, 0) is 22.7 Å². The zero-order valence-corrected chi connectivity index (χ0v) is 16.9. The van der Waals surface area contributed by atoms with Crippen molar-refractivity contribution in [3.8, 4) is 0 Å². The van der Waals surface area contributed by atoms with Crippen molar-refractivity contribution in [3.05, 3.63) is 90.0 Å². The van der Waals surface area contributed by atoms with E-state index in [-0.39, 0.29) is 24.2 Å². The lowest BCUT2D eigenvalue weighted by molar-refractivity contribution is -0.137. The van der Waals surface area contributed by atoms with Crippen molar-refractivity contribution in [2.24, 2.45) is 5.92 Å². The van der Waals surface area contributed by atoms with E-state index in [0.717, 1.165) is 22.4 Å². The fourth-order valence-electron chi connectivity index (χ4n) is 3.74. The highest BCUT2D eigenvalue weighted by atomic mass is 16.2. The van der Waals surface area contributed by atoms with Crippen molar-refractivity contribution >= 4 is 17.5 Å². The molecule has 0 aliphatic carbocycles. The maximum atomic E-state index is 13.4. The smallest absolute Gasteiger partial charge is 0.228 e. The average molecular weight is 400 g/mol. The Labute approximate surface area is 176 Å². The third kappa shape index (κ3) is 4.54. The van der Waals surface area contributed by atoms with Crippen molar-refractivity contribution in [2.75, 3.05) is 11.4 Å². The zero-order valence-electron chi connectivity index (χ0n) is 16.9. The van der Waals surface area contributed by atoms with Crippen LogP contribution in [0.5, 0.6) is 0 Å². The van der Waals surface area contributed by atoms with E-state index in [1.165, 1.54) is 0 Å². The molecule has 0 bridgehead atoms. The Hall–Kier alpha value is -3.54. The highest BCUT2D eigenvalue weighted by Gasteiger charge is 2.37. The molecule has 0 spiro atoms. The van der Waals surface area contributed by atoms with Gasteiger partial charge in [-0.3, -0.25) is 19.6 Å². The third-order valence-electron chi connectivity index (χ3n) is 5.35. The SMILES string of the molecule is Cc1ccc(N2CC(C(=O)N(Cc3ccncc3)Cc3cccnc3)CC2=O)cc1. The monoisotopic (exact) mass is 400 g/mol. The Morgan fingerprint density at radius 3 is 2.43 bits per heavy atom. The first-order valence-corrected chi connectivity index (χ1v) is 10.0. The number of pyridine rings is 2. The van der Waals surface area contributed by atoms with Crippen LogP contribution in [0.15, 0.2) is 73.3 Å². The van der Waals surface area contributed by atoms with Gasteiger partial charge in [-0.05, 0) is 48.4 Å². The molecule has 2 aromatic heterocycles. The molecule has 1 aromatic carbocycles. The molecule has 1 atom stereocenters. The minimum Gasteiger partial charge on any atom is -0.334 e. The van der Waals surface area contributed by atoms with Crippen LogP contribution in [0.3, 0.4) is 0 Å². The first-order chi connectivity index (χ1) is 14.6. The van der Waals surface area contributed by atoms with E-state index in [9.17, 15) is 9.59 Å². The number of carbonyl (C=O) groups excluding carboxylic acids is 2. The minimum atomic E-state index is -0.364. The number of aromatic nitrogens is 2. The van der Waals surface area contributed by atoms with E-state index >= 15 is 0 Å². The predicted octanol–water partition coefficient (Wildman–Crippen LogP) is 3.37. The van der Waals surface area contributed by atoms with Gasteiger partial charge in [0.15, 0.2) is 0 Å². The molecule has 1 aliphatic heterocycles. The molecular weight excluding hydrogens is 376 g/mol. The molecule has 3 heterocycles. The number of hydrogen-bond donors (Lipinski definition) is 0. The van der Waals surface area contributed by atoms with Gasteiger partial charge in [0, 0.05) is 56.5 Å². The Balaban J connectivity index is 1.53. The van der Waals surface area contributed by atoms with E-state index in [4.69, 9.17) is 0 Å². The number of amides is 2. The van der Waals surface area contributed by atoms with Gasteiger partial charge >= 0.3 is 0 Å². The van der Waals surface area contributed by atoms with Crippen LogP contribution in [0.25, 0.3) is 0 Å². The highest BCUT2D eigenvalue weighted by Crippen LogP contribution is 2.27. The van der Waals surface area contributed by atoms with E-state index in [2.05, 4.69) is 9.97 Å². The standard InChI is InChI=1S/C24H24N4O2/c1-18-4-6-22(7-5-18)28-17-21(13-23(28)29)24(30)27(15-19-8-11-25-12-9-19)16-20-3-2-10-26-14-20/h2-12,14,21H,13,15-17H2,1H3. The molecule has 1 aliphatic rings. The van der Waals surface area contributed by atoms with E-state index in [1.54, 1.807) is 29.7 Å². The lowest BCUT2D eigenvalue weighted by atomic mass is 10.1. The quantitative estimate of drug-likeness (QED) is 0.636. The summed E-state index contributed by atoms with van der Waals surface area (Å²) in [6.45, 7) is 3.33. The third-order valence-corrected chi connectivity index (χ3v) is 5.35. The van der Waals surface area contributed by atoms with Crippen LogP contribution < -0.4 is 4.90 Å². The van der Waals surface area contributed by atoms with Gasteiger partial charge < -0.3 is 9.80 Å². The van der Waals surface area contributed by atoms with Crippen molar-refractivity contribution < 1.29 is 9.59 Å². The normalized spacial score (nSPS) is 16.0. The molecule has 3 aromatic rings. The van der Waals surface area contributed by atoms with E-state index < -0.39 is 0 Å². The van der Waals surface area contributed by atoms with E-state index in [1.807, 2.05) is 60.4 Å². The lowest BCUT2D eigenvalue weighted by Crippen LogP contribution is -2.36. The number of nitrogens with zero attached hydrogens (tertiary/aromatic N) is 4. The minimum absolute atomic E-state index is 0.0116. The number of aryl methyl sites for hydroxylation is 1. The summed E-state index contributed by atoms with van der Waals surface area (Å²) in [5, 5.41) is 0. The van der Waals surface area contributed by atoms with Gasteiger partial charge in [-0.15, -0.1) is 0 Å². The molecule has 0 saturated carbocycles. The first-order valence-electron chi connectivity index (χ1n) is 10.0. The Morgan fingerprint density at radius 1 is 1.00 bits per heavy atom. The molecule has 1 unspecified atom stereocenters. The highest BCUT2D eigenvalue weighted by molar-refractivity contribution is 6.00. The summed E-state index contributed by atoms with van der Waals surface area (Å²) in [6, 6.07) is 15.5. The number of rotatable bonds is 6. The molecule has 152 valence electrons. The van der Waals surface area contributed by atoms with Crippen LogP contribution in [0.2, 0.25) is 0 Å². The maximum Gasteiger partial charge on any atom is 0.228 e. The van der Waals surface area contributed by atoms with Gasteiger partial charge in [-0.2, -0.15) is 0 Å². The molecule has 2 amide bonds. The van der Waals surface area contributed by atoms with Crippen molar-refractivity contribution in [3.63, 3.8) is 0 Å². The number of carbonyl (C=O) groups is 2. The van der Waals surface area contributed by atoms with Gasteiger partial charge in [0.2, 0.25) is 11.8 Å². The van der Waals surface area contributed by atoms with Crippen LogP contribution >= 0.6 is 0 Å². The molecule has 1 fully saturated rings. The fourth-order valence-corrected chi connectivity index (χ4v) is 3.74. The molecule has 1 saturated heterocycles. The van der Waals surface area contributed by atoms with Gasteiger partial charge in [-0.25, -0.2) is 0 Å². The second kappa shape index (κ2) is 8.86. The number of anilines is 1. The second-order valence-corrected chi connectivity index (χ2v) is 7.65. The maximum absolute atomic E-state index is 13.4. The first kappa shape index (κ1) is 19.8. The van der Waals surface area contributed by atoms with Gasteiger partial charge in [-0.1, -0.05) is 23.8 Å². The Bertz CT molecular complexity index is 965. The van der Waals surface area contributed by atoms with Crippen LogP contribution in [0.4, 0.5) is 5.69 Å². The lowest BCUT2D eigenvalue weighted by Gasteiger charge is -2.26. The largest absolute Gasteiger partial charge is 0.334 e. The topological polar surface area (TPSA) is 66.4 Å². The fraction of sp³-hybridized carbons (Fsp3) is 0.250. The summed E-state index contributed by atoms with van der Waals surface area (Å²) in [5.41, 5.74) is 3.94. The summed E-state index contributed by atoms with van der Waals surface area (Å²) in [4.78, 5) is 37.8. The van der Waals surface area contributed by atoms with Crippen LogP contribution in [-0.4, -0.2) is 33.2 Å². The second-order valence-electron chi connectivity index (χ2n) is 7.65. The van der Waals surface area contributed by atoms with Crippen molar-refractivity contribution in [2.45, 2.75) is 26.4 Å². The molecule has 0 N–H and O–H groups in total. The summed E-state index contributed by atoms with van der Waals surface area (Å²) in [7, 11) is 0. The summed E-state index contributed by atoms with van der Waals surface area (Å²) < 4.78 is 0. The summed E-state index contributed by atoms with van der Waals surface area (Å²) in [5.74, 6) is -0.390. The van der Waals surface area contributed by atoms with Gasteiger partial charge in [0.25, 0.3) is 0 Å². The number of hydrogen-bond acceptors (Lipinski definition) is 4. The summed E-state index contributed by atoms with van der Waals surface area (Å²) >= 11 is 0. The predicted molar refractivity (Wildman–Crippen MR) is 114 cm³/mol. The molecule has 6 nitrogen and oxygen atoms in total. The molecule has 4 rings (SSSR count). The van der Waals surface area contributed by atoms with Crippen LogP contribution in [0.1, 0.15) is 23.1 Å². The van der Waals surface area contributed by atoms with Crippen molar-refractivity contribution in [1.82, 2.24) is 14.9 Å². The Morgan fingerprint density at radius 2 is 1.73 bits per heavy atom. The number of benzene rings is 1. The molecule has 30 heavy (non-hydrogen) atoms. The van der Waals surface area contributed by atoms with Crippen molar-refractivity contribution in [1.29, 1.82) is 0 Å². The molecule has 0 radical (unpaired) electrons. The van der Waals surface area contributed by atoms with Crippen LogP contribution in [0, 0.1) is 12.8 Å². The average Bonchev–Trinajstić information content (AvgIpc) is 3.16. The molecule has 6 heteroatoms. The zero-order chi connectivity index (χ0) is 20.9. The van der Waals surface area contributed by atoms with E-state index in [0.29, 0.717) is 19.6 Å². The summed E-state index contributed by atoms with van der Waals surface area (Å²) in [6.07, 6.45) is 7.16. The Kier molecular flexibility index (Phi) is 5.84. The van der Waals surface area contributed by atoms with Gasteiger partial charge in [0.05, 0.1) is 5.92 Å². The van der Waals surface area contributed by atoms with Gasteiger partial charge in [0.1, 0.15) is 0 Å². The molecular formula is C24H24N4O2.